The van der Waals surface area contributed by atoms with E-state index in [9.17, 15) is 14.9 Å². The van der Waals surface area contributed by atoms with E-state index in [1.807, 2.05) is 0 Å². The summed E-state index contributed by atoms with van der Waals surface area (Å²) >= 11 is 3.55. The molecule has 3 unspecified atom stereocenters. The first-order valence-electron chi connectivity index (χ1n) is 5.56. The highest BCUT2D eigenvalue weighted by atomic mass is 127. The van der Waals surface area contributed by atoms with Crippen LogP contribution in [0.15, 0.2) is 11.6 Å². The fourth-order valence-corrected chi connectivity index (χ4v) is 3.57. The Bertz CT molecular complexity index is 440. The number of alkyl halides is 1. The normalized spacial score (nSPS) is 27.7. The fraction of sp³-hybridized carbons (Fsp3) is 0.600. The molecule has 0 bridgehead atoms. The minimum Gasteiger partial charge on any atom is -0.302 e. The predicted octanol–water partition coefficient (Wildman–Crippen LogP) is 2.33. The first kappa shape index (κ1) is 13.7. The molecule has 1 heterocycles. The number of carbonyl (C=O) groups is 1. The fourth-order valence-electron chi connectivity index (χ4n) is 2.06. The van der Waals surface area contributed by atoms with Crippen LogP contribution in [0.4, 0.5) is 5.13 Å². The molecule has 0 aliphatic heterocycles. The van der Waals surface area contributed by atoms with E-state index in [1.165, 1.54) is 11.3 Å². The van der Waals surface area contributed by atoms with Crippen LogP contribution in [0.3, 0.4) is 0 Å². The molecule has 0 saturated heterocycles. The largest absolute Gasteiger partial charge is 0.302 e. The Morgan fingerprint density at radius 3 is 3.00 bits per heavy atom. The van der Waals surface area contributed by atoms with Crippen molar-refractivity contribution in [3.63, 3.8) is 0 Å². The molecule has 0 radical (unpaired) electrons. The summed E-state index contributed by atoms with van der Waals surface area (Å²) in [4.78, 5) is 26.6. The van der Waals surface area contributed by atoms with Crippen molar-refractivity contribution in [2.45, 2.75) is 29.2 Å². The van der Waals surface area contributed by atoms with Gasteiger partial charge in [0.05, 0.1) is 5.92 Å². The van der Waals surface area contributed by atoms with Gasteiger partial charge in [0, 0.05) is 33.3 Å². The van der Waals surface area contributed by atoms with E-state index < -0.39 is 6.04 Å². The second-order valence-corrected chi connectivity index (χ2v) is 6.70. The minimum atomic E-state index is -0.594. The van der Waals surface area contributed by atoms with E-state index in [0.717, 1.165) is 0 Å². The molecule has 1 aliphatic carbocycles. The quantitative estimate of drug-likeness (QED) is 0.377. The molecule has 1 aliphatic rings. The lowest BCUT2D eigenvalue weighted by atomic mass is 9.85. The first-order valence-corrected chi connectivity index (χ1v) is 7.68. The SMILES string of the molecule is O=C(Nc1nccs1)C1CC([N+](=O)[O-])CCC1I. The number of anilines is 1. The van der Waals surface area contributed by atoms with Crippen LogP contribution in [0.2, 0.25) is 0 Å². The molecule has 6 nitrogen and oxygen atoms in total. The first-order chi connectivity index (χ1) is 8.58. The highest BCUT2D eigenvalue weighted by Gasteiger charge is 2.39. The number of halogens is 1. The van der Waals surface area contributed by atoms with E-state index in [2.05, 4.69) is 32.9 Å². The topological polar surface area (TPSA) is 85.1 Å². The average Bonchev–Trinajstić information content (AvgIpc) is 2.81. The summed E-state index contributed by atoms with van der Waals surface area (Å²) in [5.41, 5.74) is 0. The van der Waals surface area contributed by atoms with Gasteiger partial charge < -0.3 is 5.32 Å². The van der Waals surface area contributed by atoms with Gasteiger partial charge in [-0.05, 0) is 6.42 Å². The van der Waals surface area contributed by atoms with E-state index in [0.29, 0.717) is 24.4 Å². The standard InChI is InChI=1S/C10H12IN3O3S/c11-8-2-1-6(14(16)17)5-7(8)9(15)13-10-12-3-4-18-10/h3-4,6-8H,1-2,5H2,(H,12,13,15). The van der Waals surface area contributed by atoms with E-state index in [4.69, 9.17) is 0 Å². The van der Waals surface area contributed by atoms with Crippen LogP contribution in [0.25, 0.3) is 0 Å². The molecule has 18 heavy (non-hydrogen) atoms. The summed E-state index contributed by atoms with van der Waals surface area (Å²) in [6.07, 6.45) is 3.20. The van der Waals surface area contributed by atoms with Gasteiger partial charge in [0.25, 0.3) is 0 Å². The third-order valence-corrected chi connectivity index (χ3v) is 5.22. The smallest absolute Gasteiger partial charge is 0.230 e. The lowest BCUT2D eigenvalue weighted by Gasteiger charge is -2.27. The van der Waals surface area contributed by atoms with E-state index >= 15 is 0 Å². The maximum atomic E-state index is 12.1. The number of amides is 1. The number of rotatable bonds is 3. The Kier molecular flexibility index (Phi) is 4.49. The van der Waals surface area contributed by atoms with Gasteiger partial charge in [0.2, 0.25) is 11.9 Å². The molecule has 1 fully saturated rings. The molecule has 2 rings (SSSR count). The summed E-state index contributed by atoms with van der Waals surface area (Å²) in [6.45, 7) is 0. The number of aromatic nitrogens is 1. The molecule has 1 amide bonds. The van der Waals surface area contributed by atoms with Crippen LogP contribution in [-0.4, -0.2) is 25.8 Å². The number of hydrogen-bond donors (Lipinski definition) is 1. The zero-order valence-electron chi connectivity index (χ0n) is 9.41. The van der Waals surface area contributed by atoms with Gasteiger partial charge in [-0.3, -0.25) is 14.9 Å². The van der Waals surface area contributed by atoms with Gasteiger partial charge in [0.1, 0.15) is 0 Å². The molecule has 1 N–H and O–H groups in total. The minimum absolute atomic E-state index is 0.152. The molecule has 1 aromatic rings. The van der Waals surface area contributed by atoms with Crippen molar-refractivity contribution in [2.24, 2.45) is 5.92 Å². The third-order valence-electron chi connectivity index (χ3n) is 3.04. The Hall–Kier alpha value is -0.770. The molecule has 0 spiro atoms. The van der Waals surface area contributed by atoms with Crippen molar-refractivity contribution in [1.29, 1.82) is 0 Å². The van der Waals surface area contributed by atoms with E-state index in [-0.39, 0.29) is 20.7 Å². The Morgan fingerprint density at radius 1 is 1.61 bits per heavy atom. The van der Waals surface area contributed by atoms with Crippen molar-refractivity contribution < 1.29 is 9.72 Å². The average molecular weight is 381 g/mol. The zero-order valence-corrected chi connectivity index (χ0v) is 12.4. The number of nitro groups is 1. The highest BCUT2D eigenvalue weighted by molar-refractivity contribution is 14.1. The summed E-state index contributed by atoms with van der Waals surface area (Å²) in [5.74, 6) is -0.463. The van der Waals surface area contributed by atoms with Crippen LogP contribution >= 0.6 is 33.9 Å². The predicted molar refractivity (Wildman–Crippen MR) is 76.7 cm³/mol. The van der Waals surface area contributed by atoms with Crippen molar-refractivity contribution >= 4 is 45.0 Å². The van der Waals surface area contributed by atoms with Gasteiger partial charge >= 0.3 is 0 Å². The molecule has 0 aromatic carbocycles. The summed E-state index contributed by atoms with van der Waals surface area (Å²) < 4.78 is 0.152. The number of hydrogen-bond acceptors (Lipinski definition) is 5. The number of carbonyl (C=O) groups excluding carboxylic acids is 1. The Morgan fingerprint density at radius 2 is 2.39 bits per heavy atom. The van der Waals surface area contributed by atoms with Crippen LogP contribution in [0.5, 0.6) is 0 Å². The van der Waals surface area contributed by atoms with Crippen LogP contribution in [0, 0.1) is 16.0 Å². The van der Waals surface area contributed by atoms with Crippen molar-refractivity contribution in [1.82, 2.24) is 4.98 Å². The Balaban J connectivity index is 2.01. The lowest BCUT2D eigenvalue weighted by molar-refractivity contribution is -0.527. The number of nitrogens with zero attached hydrogens (tertiary/aromatic N) is 2. The molecule has 1 aromatic heterocycles. The van der Waals surface area contributed by atoms with Crippen molar-refractivity contribution in [2.75, 3.05) is 5.32 Å². The van der Waals surface area contributed by atoms with Crippen molar-refractivity contribution in [3.05, 3.63) is 21.7 Å². The van der Waals surface area contributed by atoms with Crippen LogP contribution in [0.1, 0.15) is 19.3 Å². The van der Waals surface area contributed by atoms with Gasteiger partial charge in [-0.1, -0.05) is 22.6 Å². The second-order valence-electron chi connectivity index (χ2n) is 4.20. The molecular formula is C10H12IN3O3S. The maximum Gasteiger partial charge on any atom is 0.230 e. The van der Waals surface area contributed by atoms with Crippen LogP contribution < -0.4 is 5.32 Å². The molecular weight excluding hydrogens is 369 g/mol. The van der Waals surface area contributed by atoms with Crippen LogP contribution in [-0.2, 0) is 4.79 Å². The molecule has 8 heteroatoms. The van der Waals surface area contributed by atoms with Gasteiger partial charge in [-0.25, -0.2) is 4.98 Å². The number of nitrogens with one attached hydrogen (secondary N) is 1. The lowest BCUT2D eigenvalue weighted by Crippen LogP contribution is -2.39. The molecule has 98 valence electrons. The van der Waals surface area contributed by atoms with E-state index in [1.54, 1.807) is 11.6 Å². The summed E-state index contributed by atoms with van der Waals surface area (Å²) in [5, 5.41) is 15.9. The highest BCUT2D eigenvalue weighted by Crippen LogP contribution is 2.32. The molecule has 3 atom stereocenters. The molecule has 1 saturated carbocycles. The van der Waals surface area contributed by atoms with Crippen molar-refractivity contribution in [3.8, 4) is 0 Å². The number of thiazole rings is 1. The summed E-state index contributed by atoms with van der Waals surface area (Å²) in [7, 11) is 0. The zero-order chi connectivity index (χ0) is 13.1. The maximum absolute atomic E-state index is 12.1. The van der Waals surface area contributed by atoms with Gasteiger partial charge in [-0.2, -0.15) is 0 Å². The third kappa shape index (κ3) is 3.16. The van der Waals surface area contributed by atoms with Gasteiger partial charge in [0.15, 0.2) is 5.13 Å². The summed E-state index contributed by atoms with van der Waals surface area (Å²) in [6, 6.07) is -0.594. The Labute approximate surface area is 121 Å². The second kappa shape index (κ2) is 5.91. The monoisotopic (exact) mass is 381 g/mol. The van der Waals surface area contributed by atoms with Gasteiger partial charge in [-0.15, -0.1) is 11.3 Å².